The highest BCUT2D eigenvalue weighted by molar-refractivity contribution is 5.81. The van der Waals surface area contributed by atoms with Crippen molar-refractivity contribution in [2.45, 2.75) is 51.6 Å². The van der Waals surface area contributed by atoms with Crippen molar-refractivity contribution in [1.29, 1.82) is 0 Å². The van der Waals surface area contributed by atoms with Crippen molar-refractivity contribution in [3.05, 3.63) is 35.9 Å². The third kappa shape index (κ3) is 4.15. The Bertz CT molecular complexity index is 364. The molecule has 0 aromatic heterocycles. The van der Waals surface area contributed by atoms with Crippen LogP contribution in [0.3, 0.4) is 0 Å². The molecule has 0 heterocycles. The number of nitrogens with two attached hydrogens (primary N) is 1. The molecule has 1 aromatic carbocycles. The Morgan fingerprint density at radius 2 is 1.89 bits per heavy atom. The second-order valence-electron chi connectivity index (χ2n) is 4.89. The molecule has 0 saturated carbocycles. The molecule has 100 valence electrons. The smallest absolute Gasteiger partial charge is 0.237 e. The molecular formula is C15H24N2O. The van der Waals surface area contributed by atoms with E-state index in [1.54, 1.807) is 0 Å². The van der Waals surface area contributed by atoms with Crippen LogP contribution in [-0.2, 0) is 4.79 Å². The van der Waals surface area contributed by atoms with Crippen molar-refractivity contribution in [3.63, 3.8) is 0 Å². The van der Waals surface area contributed by atoms with E-state index >= 15 is 0 Å². The van der Waals surface area contributed by atoms with Crippen LogP contribution in [-0.4, -0.2) is 18.0 Å². The topological polar surface area (TPSA) is 55.1 Å². The SMILES string of the molecule is CCCC(N)C(=O)NC(C)C(C)c1ccccc1. The Balaban J connectivity index is 2.55. The average Bonchev–Trinajstić information content (AvgIpc) is 2.39. The van der Waals surface area contributed by atoms with Gasteiger partial charge in [0.05, 0.1) is 6.04 Å². The molecule has 0 aliphatic carbocycles. The molecule has 1 rings (SSSR count). The second-order valence-corrected chi connectivity index (χ2v) is 4.89. The first-order chi connectivity index (χ1) is 8.56. The van der Waals surface area contributed by atoms with E-state index in [2.05, 4.69) is 24.4 Å². The van der Waals surface area contributed by atoms with E-state index < -0.39 is 0 Å². The van der Waals surface area contributed by atoms with Crippen LogP contribution in [0.15, 0.2) is 30.3 Å². The summed E-state index contributed by atoms with van der Waals surface area (Å²) in [5.74, 6) is 0.233. The lowest BCUT2D eigenvalue weighted by molar-refractivity contribution is -0.123. The fourth-order valence-corrected chi connectivity index (χ4v) is 1.94. The van der Waals surface area contributed by atoms with Crippen LogP contribution >= 0.6 is 0 Å². The molecule has 3 nitrogen and oxygen atoms in total. The van der Waals surface area contributed by atoms with E-state index in [0.29, 0.717) is 0 Å². The second kappa shape index (κ2) is 7.17. The molecule has 3 unspecified atom stereocenters. The minimum Gasteiger partial charge on any atom is -0.352 e. The zero-order valence-corrected chi connectivity index (χ0v) is 11.5. The molecule has 1 amide bonds. The number of rotatable bonds is 6. The van der Waals surface area contributed by atoms with Gasteiger partial charge in [-0.3, -0.25) is 4.79 Å². The standard InChI is InChI=1S/C15H24N2O/c1-4-8-14(16)15(18)17-12(3)11(2)13-9-6-5-7-10-13/h5-7,9-12,14H,4,8,16H2,1-3H3,(H,17,18). The minimum atomic E-state index is -0.388. The summed E-state index contributed by atoms with van der Waals surface area (Å²) in [5.41, 5.74) is 7.03. The van der Waals surface area contributed by atoms with Gasteiger partial charge >= 0.3 is 0 Å². The largest absolute Gasteiger partial charge is 0.352 e. The zero-order chi connectivity index (χ0) is 13.5. The van der Waals surface area contributed by atoms with Crippen LogP contribution in [0.5, 0.6) is 0 Å². The van der Waals surface area contributed by atoms with E-state index in [1.165, 1.54) is 5.56 Å². The number of carbonyl (C=O) groups excluding carboxylic acids is 1. The van der Waals surface area contributed by atoms with Gasteiger partial charge < -0.3 is 11.1 Å². The summed E-state index contributed by atoms with van der Waals surface area (Å²) < 4.78 is 0. The number of nitrogens with one attached hydrogen (secondary N) is 1. The predicted molar refractivity (Wildman–Crippen MR) is 75.3 cm³/mol. The Kier molecular flexibility index (Phi) is 5.86. The van der Waals surface area contributed by atoms with Gasteiger partial charge in [0.15, 0.2) is 0 Å². The molecule has 0 radical (unpaired) electrons. The van der Waals surface area contributed by atoms with Gasteiger partial charge in [-0.15, -0.1) is 0 Å². The Morgan fingerprint density at radius 3 is 2.44 bits per heavy atom. The Labute approximate surface area is 110 Å². The van der Waals surface area contributed by atoms with Gasteiger partial charge in [-0.1, -0.05) is 50.6 Å². The summed E-state index contributed by atoms with van der Waals surface area (Å²) in [6, 6.07) is 9.89. The van der Waals surface area contributed by atoms with E-state index in [9.17, 15) is 4.79 Å². The molecule has 0 spiro atoms. The van der Waals surface area contributed by atoms with Crippen molar-refractivity contribution in [2.24, 2.45) is 5.73 Å². The van der Waals surface area contributed by atoms with Gasteiger partial charge in [-0.05, 0) is 18.9 Å². The molecule has 3 heteroatoms. The molecule has 3 N–H and O–H groups in total. The first-order valence-corrected chi connectivity index (χ1v) is 6.67. The number of hydrogen-bond donors (Lipinski definition) is 2. The van der Waals surface area contributed by atoms with Crippen LogP contribution < -0.4 is 11.1 Å². The summed E-state index contributed by atoms with van der Waals surface area (Å²) in [6.45, 7) is 6.17. The molecule has 0 aliphatic heterocycles. The molecule has 0 aliphatic rings. The molecular weight excluding hydrogens is 224 g/mol. The van der Waals surface area contributed by atoms with Crippen LogP contribution in [0.4, 0.5) is 0 Å². The van der Waals surface area contributed by atoms with Gasteiger partial charge in [0.1, 0.15) is 0 Å². The lowest BCUT2D eigenvalue weighted by Gasteiger charge is -2.23. The maximum Gasteiger partial charge on any atom is 0.237 e. The van der Waals surface area contributed by atoms with E-state index in [1.807, 2.05) is 32.0 Å². The van der Waals surface area contributed by atoms with Crippen molar-refractivity contribution in [1.82, 2.24) is 5.32 Å². The summed E-state index contributed by atoms with van der Waals surface area (Å²) in [6.07, 6.45) is 1.66. The van der Waals surface area contributed by atoms with Crippen LogP contribution in [0, 0.1) is 0 Å². The van der Waals surface area contributed by atoms with E-state index in [0.717, 1.165) is 12.8 Å². The third-order valence-electron chi connectivity index (χ3n) is 3.38. The van der Waals surface area contributed by atoms with Gasteiger partial charge in [0, 0.05) is 12.0 Å². The molecule has 1 aromatic rings. The van der Waals surface area contributed by atoms with Gasteiger partial charge in [0.25, 0.3) is 0 Å². The van der Waals surface area contributed by atoms with Gasteiger partial charge in [0.2, 0.25) is 5.91 Å². The highest BCUT2D eigenvalue weighted by Crippen LogP contribution is 2.18. The highest BCUT2D eigenvalue weighted by atomic mass is 16.2. The van der Waals surface area contributed by atoms with Crippen LogP contribution in [0.2, 0.25) is 0 Å². The first-order valence-electron chi connectivity index (χ1n) is 6.67. The normalized spacial score (nSPS) is 15.8. The fourth-order valence-electron chi connectivity index (χ4n) is 1.94. The molecule has 3 atom stereocenters. The summed E-state index contributed by atoms with van der Waals surface area (Å²) >= 11 is 0. The summed E-state index contributed by atoms with van der Waals surface area (Å²) in [4.78, 5) is 11.8. The number of carbonyl (C=O) groups is 1. The van der Waals surface area contributed by atoms with Crippen molar-refractivity contribution >= 4 is 5.91 Å². The van der Waals surface area contributed by atoms with Gasteiger partial charge in [-0.25, -0.2) is 0 Å². The quantitative estimate of drug-likeness (QED) is 0.812. The molecule has 18 heavy (non-hydrogen) atoms. The van der Waals surface area contributed by atoms with Crippen molar-refractivity contribution < 1.29 is 4.79 Å². The Morgan fingerprint density at radius 1 is 1.28 bits per heavy atom. The van der Waals surface area contributed by atoms with Crippen LogP contribution in [0.25, 0.3) is 0 Å². The fraction of sp³-hybridized carbons (Fsp3) is 0.533. The monoisotopic (exact) mass is 248 g/mol. The van der Waals surface area contributed by atoms with Crippen molar-refractivity contribution in [2.75, 3.05) is 0 Å². The summed E-state index contributed by atoms with van der Waals surface area (Å²) in [5, 5.41) is 3.00. The maximum atomic E-state index is 11.8. The lowest BCUT2D eigenvalue weighted by atomic mass is 9.94. The lowest BCUT2D eigenvalue weighted by Crippen LogP contribution is -2.45. The molecule has 0 saturated heterocycles. The zero-order valence-electron chi connectivity index (χ0n) is 11.5. The number of amides is 1. The van der Waals surface area contributed by atoms with Gasteiger partial charge in [-0.2, -0.15) is 0 Å². The van der Waals surface area contributed by atoms with Crippen LogP contribution in [0.1, 0.15) is 45.1 Å². The van der Waals surface area contributed by atoms with E-state index in [4.69, 9.17) is 5.73 Å². The summed E-state index contributed by atoms with van der Waals surface area (Å²) in [7, 11) is 0. The van der Waals surface area contributed by atoms with E-state index in [-0.39, 0.29) is 23.9 Å². The number of hydrogen-bond acceptors (Lipinski definition) is 2. The maximum absolute atomic E-state index is 11.8. The highest BCUT2D eigenvalue weighted by Gasteiger charge is 2.19. The predicted octanol–water partition coefficient (Wildman–Crippen LogP) is 2.42. The Hall–Kier alpha value is -1.35. The molecule has 0 bridgehead atoms. The van der Waals surface area contributed by atoms with Crippen molar-refractivity contribution in [3.8, 4) is 0 Å². The molecule has 0 fully saturated rings. The minimum absolute atomic E-state index is 0.0490. The number of benzene rings is 1. The first kappa shape index (κ1) is 14.7. The average molecular weight is 248 g/mol. The third-order valence-corrected chi connectivity index (χ3v) is 3.38.